The predicted octanol–water partition coefficient (Wildman–Crippen LogP) is 5.03. The first-order valence-electron chi connectivity index (χ1n) is 10.3. The van der Waals surface area contributed by atoms with E-state index >= 15 is 0 Å². The van der Waals surface area contributed by atoms with E-state index in [2.05, 4.69) is 0 Å². The van der Waals surface area contributed by atoms with Gasteiger partial charge in [0.05, 0.1) is 32.3 Å². The highest BCUT2D eigenvalue weighted by Gasteiger charge is 2.20. The van der Waals surface area contributed by atoms with Crippen molar-refractivity contribution in [2.45, 2.75) is 6.61 Å². The molecule has 0 aliphatic rings. The summed E-state index contributed by atoms with van der Waals surface area (Å²) in [7, 11) is 4.53. The van der Waals surface area contributed by atoms with Crippen molar-refractivity contribution in [2.75, 3.05) is 21.3 Å². The molecule has 34 heavy (non-hydrogen) atoms. The van der Waals surface area contributed by atoms with E-state index < -0.39 is 5.97 Å². The molecule has 0 aliphatic carbocycles. The van der Waals surface area contributed by atoms with Gasteiger partial charge in [-0.3, -0.25) is 9.36 Å². The van der Waals surface area contributed by atoms with Crippen LogP contribution in [0.3, 0.4) is 0 Å². The van der Waals surface area contributed by atoms with Crippen LogP contribution in [0.2, 0.25) is 5.02 Å². The fraction of sp³-hybridized carbons (Fsp3) is 0.154. The Morgan fingerprint density at radius 3 is 2.06 bits per heavy atom. The minimum absolute atomic E-state index is 0.0481. The van der Waals surface area contributed by atoms with E-state index in [0.29, 0.717) is 33.3 Å². The maximum Gasteiger partial charge on any atom is 0.340 e. The third-order valence-electron chi connectivity index (χ3n) is 5.37. The first-order chi connectivity index (χ1) is 16.4. The lowest BCUT2D eigenvalue weighted by molar-refractivity contribution is 0.0474. The van der Waals surface area contributed by atoms with Gasteiger partial charge in [-0.25, -0.2) is 4.79 Å². The number of hydrogen-bond donors (Lipinski definition) is 0. The number of carbonyl (C=O) groups is 1. The van der Waals surface area contributed by atoms with Crippen molar-refractivity contribution in [3.63, 3.8) is 0 Å². The number of halogens is 1. The quantitative estimate of drug-likeness (QED) is 0.346. The molecule has 0 unspecified atom stereocenters. The molecule has 4 aromatic rings. The maximum atomic E-state index is 13.4. The monoisotopic (exact) mass is 479 g/mol. The summed E-state index contributed by atoms with van der Waals surface area (Å²) in [5, 5.41) is 1.27. The molecule has 1 heterocycles. The lowest BCUT2D eigenvalue weighted by Gasteiger charge is -2.15. The van der Waals surface area contributed by atoms with Crippen molar-refractivity contribution in [3.8, 4) is 22.9 Å². The van der Waals surface area contributed by atoms with Gasteiger partial charge in [-0.2, -0.15) is 0 Å². The van der Waals surface area contributed by atoms with Crippen molar-refractivity contribution < 1.29 is 23.7 Å². The van der Waals surface area contributed by atoms with Crippen LogP contribution in [0.4, 0.5) is 0 Å². The third kappa shape index (κ3) is 4.56. The molecule has 8 heteroatoms. The Morgan fingerprint density at radius 1 is 0.853 bits per heavy atom. The number of nitrogens with zero attached hydrogens (tertiary/aromatic N) is 1. The van der Waals surface area contributed by atoms with Crippen molar-refractivity contribution in [3.05, 3.63) is 93.4 Å². The fourth-order valence-electron chi connectivity index (χ4n) is 3.57. The average molecular weight is 480 g/mol. The summed E-state index contributed by atoms with van der Waals surface area (Å²) in [5.74, 6) is 0.824. The summed E-state index contributed by atoms with van der Waals surface area (Å²) >= 11 is 5.93. The molecule has 3 aromatic carbocycles. The summed E-state index contributed by atoms with van der Waals surface area (Å²) in [5.41, 5.74) is 1.23. The lowest BCUT2D eigenvalue weighted by atomic mass is 10.1. The second-order valence-corrected chi connectivity index (χ2v) is 7.81. The zero-order valence-corrected chi connectivity index (χ0v) is 19.6. The molecule has 0 atom stereocenters. The van der Waals surface area contributed by atoms with E-state index in [1.807, 2.05) is 0 Å². The number of fused-ring (bicyclic) bond motifs is 1. The summed E-state index contributed by atoms with van der Waals surface area (Å²) in [6.45, 7) is 0.0481. The summed E-state index contributed by atoms with van der Waals surface area (Å²) < 4.78 is 22.9. The van der Waals surface area contributed by atoms with Crippen LogP contribution in [0.5, 0.6) is 17.2 Å². The smallest absolute Gasteiger partial charge is 0.340 e. The number of rotatable bonds is 7. The zero-order chi connectivity index (χ0) is 24.2. The SMILES string of the molecule is COc1ccc(-n2cc(C(=O)OCc3ccc(Cl)cc3)c3cc(OC)c(OC)cc3c2=O)cc1. The highest BCUT2D eigenvalue weighted by molar-refractivity contribution is 6.30. The van der Waals surface area contributed by atoms with E-state index in [1.165, 1.54) is 25.0 Å². The van der Waals surface area contributed by atoms with Gasteiger partial charge in [0, 0.05) is 22.3 Å². The molecule has 0 amide bonds. The van der Waals surface area contributed by atoms with Gasteiger partial charge in [0.25, 0.3) is 5.56 Å². The first kappa shape index (κ1) is 23.2. The molecule has 174 valence electrons. The van der Waals surface area contributed by atoms with Gasteiger partial charge in [-0.15, -0.1) is 0 Å². The van der Waals surface area contributed by atoms with Crippen LogP contribution >= 0.6 is 11.6 Å². The second-order valence-electron chi connectivity index (χ2n) is 7.37. The van der Waals surface area contributed by atoms with Crippen LogP contribution < -0.4 is 19.8 Å². The highest BCUT2D eigenvalue weighted by Crippen LogP contribution is 2.33. The Morgan fingerprint density at radius 2 is 1.47 bits per heavy atom. The van der Waals surface area contributed by atoms with E-state index in [9.17, 15) is 9.59 Å². The van der Waals surface area contributed by atoms with E-state index in [0.717, 1.165) is 5.56 Å². The Balaban J connectivity index is 1.84. The molecule has 0 bridgehead atoms. The molecule has 0 saturated carbocycles. The van der Waals surface area contributed by atoms with Crippen LogP contribution in [0, 0.1) is 0 Å². The molecular formula is C26H22ClNO6. The van der Waals surface area contributed by atoms with Crippen molar-refractivity contribution >= 4 is 28.3 Å². The molecule has 1 aromatic heterocycles. The summed E-state index contributed by atoms with van der Waals surface area (Å²) in [6.07, 6.45) is 1.47. The second kappa shape index (κ2) is 9.89. The van der Waals surface area contributed by atoms with Crippen molar-refractivity contribution in [1.29, 1.82) is 0 Å². The van der Waals surface area contributed by atoms with Gasteiger partial charge in [0.2, 0.25) is 0 Å². The normalized spacial score (nSPS) is 10.7. The number of carbonyl (C=O) groups excluding carboxylic acids is 1. The minimum atomic E-state index is -0.588. The number of aromatic nitrogens is 1. The Bertz CT molecular complexity index is 1390. The molecule has 0 saturated heterocycles. The number of methoxy groups -OCH3 is 3. The van der Waals surface area contributed by atoms with Crippen LogP contribution in [0.15, 0.2) is 71.7 Å². The lowest BCUT2D eigenvalue weighted by Crippen LogP contribution is -2.21. The number of hydrogen-bond acceptors (Lipinski definition) is 6. The molecule has 0 aliphatic heterocycles. The van der Waals surface area contributed by atoms with Gasteiger partial charge in [0.15, 0.2) is 11.5 Å². The Labute approximate surface area is 201 Å². The molecule has 0 spiro atoms. The zero-order valence-electron chi connectivity index (χ0n) is 18.8. The Kier molecular flexibility index (Phi) is 6.75. The minimum Gasteiger partial charge on any atom is -0.497 e. The molecular weight excluding hydrogens is 458 g/mol. The van der Waals surface area contributed by atoms with Gasteiger partial charge in [0.1, 0.15) is 12.4 Å². The number of benzene rings is 3. The molecule has 0 N–H and O–H groups in total. The fourth-order valence-corrected chi connectivity index (χ4v) is 3.70. The van der Waals surface area contributed by atoms with Crippen LogP contribution in [0.25, 0.3) is 16.5 Å². The largest absolute Gasteiger partial charge is 0.497 e. The molecule has 0 radical (unpaired) electrons. The standard InChI is InChI=1S/C26H22ClNO6/c1-31-19-10-8-18(9-11-19)28-14-22(26(30)34-15-16-4-6-17(27)7-5-16)20-12-23(32-2)24(33-3)13-21(20)25(28)29/h4-14H,15H2,1-3H3. The van der Waals surface area contributed by atoms with E-state index in [-0.39, 0.29) is 23.1 Å². The predicted molar refractivity (Wildman–Crippen MR) is 130 cm³/mol. The third-order valence-corrected chi connectivity index (χ3v) is 5.63. The average Bonchev–Trinajstić information content (AvgIpc) is 2.87. The number of pyridine rings is 1. The maximum absolute atomic E-state index is 13.4. The van der Waals surface area contributed by atoms with Crippen LogP contribution in [-0.2, 0) is 11.3 Å². The molecule has 0 fully saturated rings. The van der Waals surface area contributed by atoms with Gasteiger partial charge < -0.3 is 18.9 Å². The van der Waals surface area contributed by atoms with Gasteiger partial charge in [-0.1, -0.05) is 23.7 Å². The van der Waals surface area contributed by atoms with Crippen LogP contribution in [0.1, 0.15) is 15.9 Å². The molecule has 4 rings (SSSR count). The van der Waals surface area contributed by atoms with Gasteiger partial charge in [-0.05, 0) is 54.1 Å². The number of ether oxygens (including phenoxy) is 4. The van der Waals surface area contributed by atoms with Crippen molar-refractivity contribution in [2.24, 2.45) is 0 Å². The van der Waals surface area contributed by atoms with Crippen molar-refractivity contribution in [1.82, 2.24) is 4.57 Å². The highest BCUT2D eigenvalue weighted by atomic mass is 35.5. The summed E-state index contributed by atoms with van der Waals surface area (Å²) in [6, 6.07) is 17.1. The first-order valence-corrected chi connectivity index (χ1v) is 10.7. The topological polar surface area (TPSA) is 76.0 Å². The summed E-state index contributed by atoms with van der Waals surface area (Å²) in [4.78, 5) is 26.6. The van der Waals surface area contributed by atoms with E-state index in [4.69, 9.17) is 30.5 Å². The van der Waals surface area contributed by atoms with Crippen LogP contribution in [-0.4, -0.2) is 31.9 Å². The molecule has 7 nitrogen and oxygen atoms in total. The number of esters is 1. The van der Waals surface area contributed by atoms with Gasteiger partial charge >= 0.3 is 5.97 Å². The van der Waals surface area contributed by atoms with E-state index in [1.54, 1.807) is 67.8 Å². The Hall–Kier alpha value is -3.97.